The summed E-state index contributed by atoms with van der Waals surface area (Å²) in [5.74, 6) is 1.18. The topological polar surface area (TPSA) is 59.3 Å². The Kier molecular flexibility index (Phi) is 3.52. The average molecular weight is 245 g/mol. The number of hydrogen-bond donors (Lipinski definition) is 0. The van der Waals surface area contributed by atoms with Gasteiger partial charge < -0.3 is 9.47 Å². The van der Waals surface area contributed by atoms with Crippen molar-refractivity contribution >= 4 is 6.29 Å². The molecule has 1 aliphatic rings. The van der Waals surface area contributed by atoms with E-state index in [1.54, 1.807) is 25.3 Å². The number of hydrogen-bond acceptors (Lipinski definition) is 4. The van der Waals surface area contributed by atoms with Crippen LogP contribution in [0.25, 0.3) is 0 Å². The summed E-state index contributed by atoms with van der Waals surface area (Å²) in [5.41, 5.74) is 0.483. The first-order valence-electron chi connectivity index (χ1n) is 5.86. The van der Waals surface area contributed by atoms with Crippen LogP contribution in [0.2, 0.25) is 0 Å². The minimum absolute atomic E-state index is 0.00876. The third-order valence-electron chi connectivity index (χ3n) is 3.29. The van der Waals surface area contributed by atoms with E-state index < -0.39 is 0 Å². The molecule has 0 N–H and O–H groups in total. The zero-order valence-electron chi connectivity index (χ0n) is 10.3. The van der Waals surface area contributed by atoms with Gasteiger partial charge in [0.25, 0.3) is 0 Å². The van der Waals surface area contributed by atoms with Crippen LogP contribution in [0.4, 0.5) is 0 Å². The standard InChI is InChI=1S/C14H15NO3/c1-17-12-2-3-13(11(8-12)9-16)18-10-14(4-5-14)6-7-15/h2-3,8-9H,4-6,10H2,1H3. The van der Waals surface area contributed by atoms with Gasteiger partial charge in [-0.1, -0.05) is 0 Å². The Morgan fingerprint density at radius 2 is 2.28 bits per heavy atom. The molecule has 1 fully saturated rings. The summed E-state index contributed by atoms with van der Waals surface area (Å²) in [4.78, 5) is 11.0. The smallest absolute Gasteiger partial charge is 0.153 e. The SMILES string of the molecule is COc1ccc(OCC2(CC#N)CC2)c(C=O)c1. The fraction of sp³-hybridized carbons (Fsp3) is 0.429. The van der Waals surface area contributed by atoms with Gasteiger partial charge in [-0.15, -0.1) is 0 Å². The molecule has 4 heteroatoms. The van der Waals surface area contributed by atoms with Crippen molar-refractivity contribution in [2.24, 2.45) is 5.41 Å². The second-order valence-corrected chi connectivity index (χ2v) is 4.65. The monoisotopic (exact) mass is 245 g/mol. The van der Waals surface area contributed by atoms with Crippen molar-refractivity contribution in [1.29, 1.82) is 5.26 Å². The molecule has 0 unspecified atom stereocenters. The first-order valence-corrected chi connectivity index (χ1v) is 5.86. The van der Waals surface area contributed by atoms with Crippen molar-refractivity contribution in [3.05, 3.63) is 23.8 Å². The largest absolute Gasteiger partial charge is 0.497 e. The number of benzene rings is 1. The van der Waals surface area contributed by atoms with Crippen LogP contribution in [0.5, 0.6) is 11.5 Å². The highest BCUT2D eigenvalue weighted by molar-refractivity contribution is 5.80. The lowest BCUT2D eigenvalue weighted by Crippen LogP contribution is -2.13. The minimum Gasteiger partial charge on any atom is -0.497 e. The van der Waals surface area contributed by atoms with Crippen LogP contribution in [0.3, 0.4) is 0 Å². The normalized spacial score (nSPS) is 15.6. The molecule has 1 aromatic carbocycles. The molecular formula is C14H15NO3. The molecule has 0 heterocycles. The second kappa shape index (κ2) is 5.09. The summed E-state index contributed by atoms with van der Waals surface area (Å²) < 4.78 is 10.7. The quantitative estimate of drug-likeness (QED) is 0.723. The fourth-order valence-electron chi connectivity index (χ4n) is 1.82. The van der Waals surface area contributed by atoms with Crippen LogP contribution >= 0.6 is 0 Å². The molecule has 1 aliphatic carbocycles. The van der Waals surface area contributed by atoms with E-state index in [9.17, 15) is 4.79 Å². The molecule has 1 aromatic rings. The van der Waals surface area contributed by atoms with Crippen molar-refractivity contribution in [3.63, 3.8) is 0 Å². The van der Waals surface area contributed by atoms with Crippen LogP contribution in [-0.4, -0.2) is 20.0 Å². The molecule has 0 atom stereocenters. The van der Waals surface area contributed by atoms with Gasteiger partial charge in [0.1, 0.15) is 11.5 Å². The van der Waals surface area contributed by atoms with E-state index >= 15 is 0 Å². The van der Waals surface area contributed by atoms with Gasteiger partial charge in [-0.05, 0) is 31.0 Å². The number of nitrogens with zero attached hydrogens (tertiary/aromatic N) is 1. The first kappa shape index (κ1) is 12.4. The van der Waals surface area contributed by atoms with Crippen molar-refractivity contribution in [2.45, 2.75) is 19.3 Å². The van der Waals surface area contributed by atoms with Gasteiger partial charge in [0.15, 0.2) is 6.29 Å². The van der Waals surface area contributed by atoms with Gasteiger partial charge in [-0.25, -0.2) is 0 Å². The number of aldehydes is 1. The zero-order chi connectivity index (χ0) is 13.0. The van der Waals surface area contributed by atoms with Gasteiger partial charge in [0, 0.05) is 11.8 Å². The van der Waals surface area contributed by atoms with Crippen molar-refractivity contribution in [1.82, 2.24) is 0 Å². The van der Waals surface area contributed by atoms with E-state index in [0.717, 1.165) is 19.1 Å². The van der Waals surface area contributed by atoms with Crippen LogP contribution < -0.4 is 9.47 Å². The van der Waals surface area contributed by atoms with E-state index in [-0.39, 0.29) is 5.41 Å². The highest BCUT2D eigenvalue weighted by atomic mass is 16.5. The molecule has 0 spiro atoms. The Labute approximate surface area is 106 Å². The Morgan fingerprint density at radius 3 is 2.83 bits per heavy atom. The van der Waals surface area contributed by atoms with Gasteiger partial charge in [0.2, 0.25) is 0 Å². The maximum atomic E-state index is 11.0. The van der Waals surface area contributed by atoms with Gasteiger partial charge >= 0.3 is 0 Å². The number of ether oxygens (including phenoxy) is 2. The lowest BCUT2D eigenvalue weighted by molar-refractivity contribution is 0.111. The van der Waals surface area contributed by atoms with Crippen LogP contribution in [0.1, 0.15) is 29.6 Å². The number of methoxy groups -OCH3 is 1. The third kappa shape index (κ3) is 2.62. The first-order chi connectivity index (χ1) is 8.73. The molecular weight excluding hydrogens is 230 g/mol. The molecule has 2 rings (SSSR count). The Morgan fingerprint density at radius 1 is 1.50 bits per heavy atom. The maximum Gasteiger partial charge on any atom is 0.153 e. The van der Waals surface area contributed by atoms with Crippen molar-refractivity contribution in [2.75, 3.05) is 13.7 Å². The van der Waals surface area contributed by atoms with Crippen LogP contribution in [0, 0.1) is 16.7 Å². The zero-order valence-corrected chi connectivity index (χ0v) is 10.3. The molecule has 94 valence electrons. The summed E-state index contributed by atoms with van der Waals surface area (Å²) >= 11 is 0. The Balaban J connectivity index is 2.05. The van der Waals surface area contributed by atoms with Crippen LogP contribution in [-0.2, 0) is 0 Å². The number of nitriles is 1. The molecule has 1 saturated carbocycles. The summed E-state index contributed by atoms with van der Waals surface area (Å²) in [5, 5.41) is 8.73. The Bertz CT molecular complexity index is 486. The summed E-state index contributed by atoms with van der Waals surface area (Å²) in [6.45, 7) is 0.494. The van der Waals surface area contributed by atoms with Gasteiger partial charge in [-0.2, -0.15) is 5.26 Å². The predicted molar refractivity (Wildman–Crippen MR) is 65.8 cm³/mol. The fourth-order valence-corrected chi connectivity index (χ4v) is 1.82. The maximum absolute atomic E-state index is 11.0. The number of rotatable bonds is 6. The van der Waals surface area contributed by atoms with Gasteiger partial charge in [-0.3, -0.25) is 4.79 Å². The number of carbonyl (C=O) groups is 1. The summed E-state index contributed by atoms with van der Waals surface area (Å²) in [6, 6.07) is 7.31. The number of carbonyl (C=O) groups excluding carboxylic acids is 1. The molecule has 0 aliphatic heterocycles. The van der Waals surface area contributed by atoms with E-state index in [2.05, 4.69) is 6.07 Å². The van der Waals surface area contributed by atoms with E-state index in [1.165, 1.54) is 0 Å². The molecule has 0 bridgehead atoms. The highest BCUT2D eigenvalue weighted by Crippen LogP contribution is 2.48. The van der Waals surface area contributed by atoms with Crippen molar-refractivity contribution in [3.8, 4) is 17.6 Å². The second-order valence-electron chi connectivity index (χ2n) is 4.65. The molecule has 0 saturated heterocycles. The Hall–Kier alpha value is -2.02. The molecule has 18 heavy (non-hydrogen) atoms. The van der Waals surface area contributed by atoms with E-state index in [1.807, 2.05) is 0 Å². The predicted octanol–water partition coefficient (Wildman–Crippen LogP) is 2.58. The highest BCUT2D eigenvalue weighted by Gasteiger charge is 2.43. The van der Waals surface area contributed by atoms with E-state index in [4.69, 9.17) is 14.7 Å². The lowest BCUT2D eigenvalue weighted by atomic mass is 10.1. The van der Waals surface area contributed by atoms with Crippen molar-refractivity contribution < 1.29 is 14.3 Å². The molecule has 0 aromatic heterocycles. The summed E-state index contributed by atoms with van der Waals surface area (Å²) in [7, 11) is 1.55. The van der Waals surface area contributed by atoms with Crippen LogP contribution in [0.15, 0.2) is 18.2 Å². The van der Waals surface area contributed by atoms with Gasteiger partial charge in [0.05, 0.1) is 25.3 Å². The van der Waals surface area contributed by atoms with E-state index in [0.29, 0.717) is 30.1 Å². The molecule has 4 nitrogen and oxygen atoms in total. The molecule has 0 radical (unpaired) electrons. The third-order valence-corrected chi connectivity index (χ3v) is 3.29. The average Bonchev–Trinajstić information content (AvgIpc) is 3.17. The molecule has 0 amide bonds. The lowest BCUT2D eigenvalue weighted by Gasteiger charge is -2.14. The summed E-state index contributed by atoms with van der Waals surface area (Å²) in [6.07, 6.45) is 3.31. The minimum atomic E-state index is 0.00876.